The van der Waals surface area contributed by atoms with Gasteiger partial charge in [0.05, 0.1) is 0 Å². The Balaban J connectivity index is 1.45. The monoisotopic (exact) mass is 516 g/mol. The van der Waals surface area contributed by atoms with E-state index in [0.29, 0.717) is 21.5 Å². The molecule has 0 atom stereocenters. The SMILES string of the molecule is CC(C)(C)OC(=O)N[C@H]1CC[C@H](NC(=O)c2ccc(NC(=O)c3cccc(Br)n3)cc2)CC1. The largest absolute Gasteiger partial charge is 0.444 e. The van der Waals surface area contributed by atoms with E-state index in [1.54, 1.807) is 42.5 Å². The highest BCUT2D eigenvalue weighted by molar-refractivity contribution is 9.10. The molecule has 2 aromatic rings. The van der Waals surface area contributed by atoms with Crippen LogP contribution in [0.15, 0.2) is 47.1 Å². The fraction of sp³-hybridized carbons (Fsp3) is 0.417. The summed E-state index contributed by atoms with van der Waals surface area (Å²) in [5.74, 6) is -0.490. The quantitative estimate of drug-likeness (QED) is 0.500. The Kier molecular flexibility index (Phi) is 8.07. The highest BCUT2D eigenvalue weighted by atomic mass is 79.9. The molecule has 9 heteroatoms. The number of alkyl carbamates (subject to hydrolysis) is 1. The normalized spacial score (nSPS) is 18.2. The molecule has 1 aromatic carbocycles. The Hall–Kier alpha value is -2.94. The summed E-state index contributed by atoms with van der Waals surface area (Å²) < 4.78 is 5.88. The highest BCUT2D eigenvalue weighted by Gasteiger charge is 2.25. The smallest absolute Gasteiger partial charge is 0.407 e. The minimum absolute atomic E-state index is 0.0515. The standard InChI is InChI=1S/C24H29BrN4O4/c1-24(2,3)33-23(32)28-18-13-11-17(12-14-18)26-21(30)15-7-9-16(10-8-15)27-22(31)19-5-4-6-20(25)29-19/h4-10,17-18H,11-14H2,1-3H3,(H,26,30)(H,27,31)(H,28,32)/t17-,18-. The summed E-state index contributed by atoms with van der Waals surface area (Å²) in [5, 5.41) is 8.72. The Morgan fingerprint density at radius 3 is 2.09 bits per heavy atom. The molecule has 0 radical (unpaired) electrons. The van der Waals surface area contributed by atoms with Gasteiger partial charge in [-0.15, -0.1) is 0 Å². The summed E-state index contributed by atoms with van der Waals surface area (Å²) in [7, 11) is 0. The van der Waals surface area contributed by atoms with Crippen LogP contribution < -0.4 is 16.0 Å². The first-order valence-electron chi connectivity index (χ1n) is 10.9. The van der Waals surface area contributed by atoms with Crippen molar-refractivity contribution in [1.29, 1.82) is 0 Å². The van der Waals surface area contributed by atoms with Crippen LogP contribution in [0.3, 0.4) is 0 Å². The molecule has 8 nitrogen and oxygen atoms in total. The van der Waals surface area contributed by atoms with Crippen LogP contribution in [0, 0.1) is 0 Å². The van der Waals surface area contributed by atoms with Crippen LogP contribution in [0.5, 0.6) is 0 Å². The second-order valence-electron chi connectivity index (χ2n) is 9.05. The molecule has 1 aromatic heterocycles. The zero-order chi connectivity index (χ0) is 24.0. The van der Waals surface area contributed by atoms with Gasteiger partial charge in [-0.05, 0) is 98.8 Å². The molecule has 3 amide bonds. The Labute approximate surface area is 202 Å². The number of pyridine rings is 1. The molecule has 0 unspecified atom stereocenters. The molecule has 1 saturated carbocycles. The van der Waals surface area contributed by atoms with Gasteiger partial charge in [-0.25, -0.2) is 9.78 Å². The van der Waals surface area contributed by atoms with Gasteiger partial charge in [-0.3, -0.25) is 9.59 Å². The van der Waals surface area contributed by atoms with E-state index in [1.165, 1.54) is 0 Å². The lowest BCUT2D eigenvalue weighted by Crippen LogP contribution is -2.45. The number of nitrogens with zero attached hydrogens (tertiary/aromatic N) is 1. The summed E-state index contributed by atoms with van der Waals surface area (Å²) in [5.41, 5.74) is 0.862. The number of rotatable bonds is 5. The third kappa shape index (κ3) is 7.85. The van der Waals surface area contributed by atoms with E-state index in [9.17, 15) is 14.4 Å². The van der Waals surface area contributed by atoms with Gasteiger partial charge in [0.15, 0.2) is 0 Å². The van der Waals surface area contributed by atoms with Crippen LogP contribution in [0.4, 0.5) is 10.5 Å². The second kappa shape index (κ2) is 10.8. The van der Waals surface area contributed by atoms with Crippen molar-refractivity contribution in [3.8, 4) is 0 Å². The van der Waals surface area contributed by atoms with Gasteiger partial charge in [0, 0.05) is 23.3 Å². The lowest BCUT2D eigenvalue weighted by molar-refractivity contribution is 0.0487. The maximum absolute atomic E-state index is 12.6. The van der Waals surface area contributed by atoms with Crippen LogP contribution in [0.2, 0.25) is 0 Å². The first kappa shape index (κ1) is 24.7. The Morgan fingerprint density at radius 1 is 0.909 bits per heavy atom. The van der Waals surface area contributed by atoms with Gasteiger partial charge in [0.25, 0.3) is 11.8 Å². The number of hydrogen-bond donors (Lipinski definition) is 3. The van der Waals surface area contributed by atoms with Gasteiger partial charge < -0.3 is 20.7 Å². The number of carbonyl (C=O) groups excluding carboxylic acids is 3. The third-order valence-corrected chi connectivity index (χ3v) is 5.58. The van der Waals surface area contributed by atoms with Crippen molar-refractivity contribution in [1.82, 2.24) is 15.6 Å². The zero-order valence-electron chi connectivity index (χ0n) is 19.0. The fourth-order valence-corrected chi connectivity index (χ4v) is 3.90. The molecular formula is C24H29BrN4O4. The van der Waals surface area contributed by atoms with Crippen molar-refractivity contribution < 1.29 is 19.1 Å². The molecule has 0 saturated heterocycles. The molecule has 176 valence electrons. The molecular weight excluding hydrogens is 488 g/mol. The molecule has 1 fully saturated rings. The number of anilines is 1. The van der Waals surface area contributed by atoms with Crippen LogP contribution in [0.1, 0.15) is 67.3 Å². The molecule has 0 spiro atoms. The van der Waals surface area contributed by atoms with Crippen molar-refractivity contribution in [2.75, 3.05) is 5.32 Å². The topological polar surface area (TPSA) is 109 Å². The van der Waals surface area contributed by atoms with E-state index in [2.05, 4.69) is 36.9 Å². The number of hydrogen-bond acceptors (Lipinski definition) is 5. The maximum Gasteiger partial charge on any atom is 0.407 e. The Morgan fingerprint density at radius 2 is 1.52 bits per heavy atom. The minimum Gasteiger partial charge on any atom is -0.444 e. The van der Waals surface area contributed by atoms with Gasteiger partial charge in [0.2, 0.25) is 0 Å². The van der Waals surface area contributed by atoms with E-state index in [0.717, 1.165) is 25.7 Å². The molecule has 1 aliphatic carbocycles. The van der Waals surface area contributed by atoms with E-state index >= 15 is 0 Å². The molecule has 0 aliphatic heterocycles. The molecule has 3 rings (SSSR count). The van der Waals surface area contributed by atoms with E-state index < -0.39 is 11.7 Å². The van der Waals surface area contributed by atoms with Crippen molar-refractivity contribution in [2.45, 2.75) is 64.1 Å². The molecule has 1 aliphatic rings. The second-order valence-corrected chi connectivity index (χ2v) is 9.86. The van der Waals surface area contributed by atoms with E-state index in [1.807, 2.05) is 20.8 Å². The summed E-state index contributed by atoms with van der Waals surface area (Å²) >= 11 is 3.25. The van der Waals surface area contributed by atoms with Gasteiger partial charge in [-0.2, -0.15) is 0 Å². The van der Waals surface area contributed by atoms with Crippen LogP contribution >= 0.6 is 15.9 Å². The van der Waals surface area contributed by atoms with Crippen molar-refractivity contribution in [3.05, 3.63) is 58.3 Å². The summed E-state index contributed by atoms with van der Waals surface area (Å²) in [6, 6.07) is 11.9. The average Bonchev–Trinajstić information content (AvgIpc) is 2.74. The Bertz CT molecular complexity index is 996. The number of amides is 3. The molecule has 33 heavy (non-hydrogen) atoms. The summed E-state index contributed by atoms with van der Waals surface area (Å²) in [6.07, 6.45) is 2.70. The van der Waals surface area contributed by atoms with Crippen LogP contribution in [-0.4, -0.2) is 40.6 Å². The highest BCUT2D eigenvalue weighted by Crippen LogP contribution is 2.20. The van der Waals surface area contributed by atoms with Gasteiger partial charge >= 0.3 is 6.09 Å². The van der Waals surface area contributed by atoms with E-state index in [-0.39, 0.29) is 23.9 Å². The van der Waals surface area contributed by atoms with Crippen molar-refractivity contribution in [3.63, 3.8) is 0 Å². The third-order valence-electron chi connectivity index (χ3n) is 5.14. The van der Waals surface area contributed by atoms with Gasteiger partial charge in [-0.1, -0.05) is 6.07 Å². The number of aromatic nitrogens is 1. The van der Waals surface area contributed by atoms with Crippen LogP contribution in [-0.2, 0) is 4.74 Å². The first-order chi connectivity index (χ1) is 15.6. The lowest BCUT2D eigenvalue weighted by atomic mass is 9.91. The molecule has 1 heterocycles. The predicted molar refractivity (Wildman–Crippen MR) is 129 cm³/mol. The van der Waals surface area contributed by atoms with Crippen molar-refractivity contribution in [2.24, 2.45) is 0 Å². The van der Waals surface area contributed by atoms with Crippen LogP contribution in [0.25, 0.3) is 0 Å². The fourth-order valence-electron chi connectivity index (χ4n) is 3.56. The predicted octanol–water partition coefficient (Wildman–Crippen LogP) is 4.66. The number of ether oxygens (including phenoxy) is 1. The van der Waals surface area contributed by atoms with E-state index in [4.69, 9.17) is 4.74 Å². The molecule has 3 N–H and O–H groups in total. The number of nitrogens with one attached hydrogen (secondary N) is 3. The lowest BCUT2D eigenvalue weighted by Gasteiger charge is -2.30. The van der Waals surface area contributed by atoms with Crippen molar-refractivity contribution >= 4 is 39.5 Å². The number of carbonyl (C=O) groups is 3. The van der Waals surface area contributed by atoms with Gasteiger partial charge in [0.1, 0.15) is 15.9 Å². The number of benzene rings is 1. The molecule has 0 bridgehead atoms. The number of halogens is 1. The average molecular weight is 517 g/mol. The summed E-state index contributed by atoms with van der Waals surface area (Å²) in [6.45, 7) is 5.50. The first-order valence-corrected chi connectivity index (χ1v) is 11.7. The minimum atomic E-state index is -0.525. The zero-order valence-corrected chi connectivity index (χ0v) is 20.6. The summed E-state index contributed by atoms with van der Waals surface area (Å²) in [4.78, 5) is 41.0. The maximum atomic E-state index is 12.6.